The molecule has 8 N–H and O–H groups in total. The van der Waals surface area contributed by atoms with E-state index in [-0.39, 0.29) is 30.2 Å². The Labute approximate surface area is 236 Å². The number of nitrogens with two attached hydrogens (primary N) is 3. The molecular formula is C21H27Cl3N8O7. The number of aromatic nitrogens is 4. The third-order valence-electron chi connectivity index (χ3n) is 6.32. The van der Waals surface area contributed by atoms with Gasteiger partial charge >= 0.3 is 11.4 Å². The number of ether oxygens (including phenoxy) is 3. The molecule has 0 radical (unpaired) electrons. The lowest BCUT2D eigenvalue weighted by Crippen LogP contribution is -2.42. The number of nitrogens with zero attached hydrogens (tertiary/aromatic N) is 5. The molecule has 0 aliphatic carbocycles. The van der Waals surface area contributed by atoms with E-state index < -0.39 is 58.0 Å². The molecule has 5 rings (SSSR count). The summed E-state index contributed by atoms with van der Waals surface area (Å²) >= 11 is 17.5. The minimum Gasteiger partial charge on any atom is -0.469 e. The first-order valence-corrected chi connectivity index (χ1v) is 12.9. The van der Waals surface area contributed by atoms with E-state index in [2.05, 4.69) is 15.0 Å². The lowest BCUT2D eigenvalue weighted by Gasteiger charge is -2.19. The Bertz CT molecular complexity index is 1340. The Balaban J connectivity index is 0.000000187. The summed E-state index contributed by atoms with van der Waals surface area (Å²) in [6.45, 7) is 1.56. The predicted octanol–water partition coefficient (Wildman–Crippen LogP) is -0.928. The van der Waals surface area contributed by atoms with E-state index in [1.165, 1.54) is 29.1 Å². The maximum atomic E-state index is 12.0. The molecule has 2 unspecified atom stereocenters. The average molecular weight is 610 g/mol. The van der Waals surface area contributed by atoms with Crippen LogP contribution in [0, 0.1) is 0 Å². The van der Waals surface area contributed by atoms with Crippen molar-refractivity contribution in [3.63, 3.8) is 0 Å². The number of fused-ring (bicyclic) bond motifs is 1. The molecule has 18 heteroatoms. The van der Waals surface area contributed by atoms with Crippen molar-refractivity contribution in [3.8, 4) is 0 Å². The van der Waals surface area contributed by atoms with E-state index in [9.17, 15) is 14.7 Å². The summed E-state index contributed by atoms with van der Waals surface area (Å²) in [6, 6.07) is 1.64. The largest absolute Gasteiger partial charge is 0.469 e. The van der Waals surface area contributed by atoms with Crippen LogP contribution in [0.4, 0.5) is 11.6 Å². The van der Waals surface area contributed by atoms with Crippen molar-refractivity contribution in [1.29, 1.82) is 0 Å². The number of rotatable bonds is 4. The molecular weight excluding hydrogens is 583 g/mol. The predicted molar refractivity (Wildman–Crippen MR) is 141 cm³/mol. The summed E-state index contributed by atoms with van der Waals surface area (Å²) in [5, 5.41) is 18.6. The van der Waals surface area contributed by atoms with Crippen LogP contribution < -0.4 is 28.6 Å². The van der Waals surface area contributed by atoms with Crippen molar-refractivity contribution < 1.29 is 24.4 Å². The molecule has 2 aromatic rings. The minimum absolute atomic E-state index is 0.00991. The van der Waals surface area contributed by atoms with Gasteiger partial charge in [-0.25, -0.2) is 14.6 Å². The van der Waals surface area contributed by atoms with Crippen molar-refractivity contribution in [2.45, 2.75) is 66.1 Å². The molecule has 3 aliphatic heterocycles. The van der Waals surface area contributed by atoms with Crippen molar-refractivity contribution in [2.75, 3.05) is 18.1 Å². The van der Waals surface area contributed by atoms with E-state index in [1.54, 1.807) is 0 Å². The number of aliphatic hydroxyl groups is 2. The van der Waals surface area contributed by atoms with E-state index in [0.717, 1.165) is 4.57 Å². The molecule has 39 heavy (non-hydrogen) atoms. The van der Waals surface area contributed by atoms with Gasteiger partial charge in [0.25, 0.3) is 3.79 Å². The fourth-order valence-electron chi connectivity index (χ4n) is 4.40. The van der Waals surface area contributed by atoms with E-state index >= 15 is 0 Å². The van der Waals surface area contributed by atoms with Crippen LogP contribution in [0.3, 0.4) is 0 Å². The second-order valence-corrected chi connectivity index (χ2v) is 11.2. The van der Waals surface area contributed by atoms with Gasteiger partial charge < -0.3 is 41.6 Å². The molecule has 214 valence electrons. The first-order chi connectivity index (χ1) is 18.3. The number of hydrogen-bond donors (Lipinski definition) is 5. The quantitative estimate of drug-likeness (QED) is 0.265. The van der Waals surface area contributed by atoms with Crippen LogP contribution in [-0.2, 0) is 14.2 Å². The third kappa shape index (κ3) is 6.00. The van der Waals surface area contributed by atoms with Crippen molar-refractivity contribution in [1.82, 2.24) is 19.1 Å². The monoisotopic (exact) mass is 608 g/mol. The van der Waals surface area contributed by atoms with Gasteiger partial charge in [-0.15, -0.1) is 0 Å². The zero-order valence-electron chi connectivity index (χ0n) is 20.4. The number of aliphatic imine (C=N–C) groups is 1. The summed E-state index contributed by atoms with van der Waals surface area (Å²) < 4.78 is 17.5. The Morgan fingerprint density at radius 1 is 1.00 bits per heavy atom. The second-order valence-electron chi connectivity index (χ2n) is 8.88. The highest BCUT2D eigenvalue weighted by Gasteiger charge is 2.53. The lowest BCUT2D eigenvalue weighted by molar-refractivity contribution is -0.0464. The number of nitrogen functional groups attached to an aromatic ring is 2. The summed E-state index contributed by atoms with van der Waals surface area (Å²) in [5.74, 6) is 0.240. The summed E-state index contributed by atoms with van der Waals surface area (Å²) in [6.07, 6.45) is -0.498. The second kappa shape index (κ2) is 11.5. The van der Waals surface area contributed by atoms with Crippen molar-refractivity contribution in [2.24, 2.45) is 10.7 Å². The Morgan fingerprint density at radius 2 is 1.54 bits per heavy atom. The van der Waals surface area contributed by atoms with Crippen LogP contribution in [0.15, 0.2) is 39.1 Å². The molecule has 15 nitrogen and oxygen atoms in total. The molecule has 2 saturated heterocycles. The first kappa shape index (κ1) is 29.5. The van der Waals surface area contributed by atoms with E-state index in [1.807, 2.05) is 6.92 Å². The fraction of sp³-hybridized carbons (Fsp3) is 0.571. The molecule has 8 atom stereocenters. The molecule has 0 amide bonds. The number of hydrogen-bond acceptors (Lipinski definition) is 13. The molecule has 2 aromatic heterocycles. The summed E-state index contributed by atoms with van der Waals surface area (Å²) in [5.41, 5.74) is 15.4. The number of anilines is 2. The van der Waals surface area contributed by atoms with Crippen LogP contribution >= 0.6 is 34.8 Å². The van der Waals surface area contributed by atoms with Crippen LogP contribution in [0.5, 0.6) is 0 Å². The van der Waals surface area contributed by atoms with Crippen LogP contribution in [-0.4, -0.2) is 82.1 Å². The standard InChI is InChI=1S/C12H13Cl3N4O3.C9H14N4O4/c1-2-5-8-7(18-10(22-8)12(13,14)15)9(21-5)19-4-3-6(16)17-11(19)20;10-5-1-2-13(9(16)12-5)8-6(11)7(15)4(3-14)17-8/h3-5,7-9H,2H2,1H3,(H2,16,17,20);1-2,4,6-8,14-15H,3,11H2,(H2,10,12,16)/t5-,7?,8+,9-;4-,6?,7+,8-/m11/s1. The summed E-state index contributed by atoms with van der Waals surface area (Å²) in [4.78, 5) is 35.1. The van der Waals surface area contributed by atoms with Crippen molar-refractivity contribution >= 4 is 52.3 Å². The molecule has 0 aromatic carbocycles. The minimum atomic E-state index is -1.75. The van der Waals surface area contributed by atoms with Crippen LogP contribution in [0.25, 0.3) is 0 Å². The lowest BCUT2D eigenvalue weighted by atomic mass is 10.1. The molecule has 2 fully saturated rings. The molecule has 0 saturated carbocycles. The van der Waals surface area contributed by atoms with Crippen LogP contribution in [0.2, 0.25) is 0 Å². The summed E-state index contributed by atoms with van der Waals surface area (Å²) in [7, 11) is 0. The smallest absolute Gasteiger partial charge is 0.351 e. The van der Waals surface area contributed by atoms with Gasteiger partial charge in [0.1, 0.15) is 29.9 Å². The Hall–Kier alpha value is -2.50. The fourth-order valence-corrected chi connectivity index (χ4v) is 4.68. The maximum Gasteiger partial charge on any atom is 0.351 e. The van der Waals surface area contributed by atoms with Crippen molar-refractivity contribution in [3.05, 3.63) is 45.5 Å². The number of halogens is 3. The zero-order chi connectivity index (χ0) is 28.6. The average Bonchev–Trinajstić information content (AvgIpc) is 3.53. The highest BCUT2D eigenvalue weighted by atomic mass is 35.6. The van der Waals surface area contributed by atoms with Gasteiger partial charge in [0, 0.05) is 12.4 Å². The molecule has 0 spiro atoms. The topological polar surface area (TPSA) is 228 Å². The molecule has 0 bridgehead atoms. The van der Waals surface area contributed by atoms with Gasteiger partial charge in [-0.1, -0.05) is 41.7 Å². The normalized spacial score (nSPS) is 31.7. The highest BCUT2D eigenvalue weighted by molar-refractivity contribution is 6.76. The van der Waals surface area contributed by atoms with E-state index in [4.69, 9.17) is 71.3 Å². The van der Waals surface area contributed by atoms with E-state index in [0.29, 0.717) is 6.42 Å². The van der Waals surface area contributed by atoms with Gasteiger partial charge in [0.15, 0.2) is 18.6 Å². The van der Waals surface area contributed by atoms with Gasteiger partial charge in [-0.05, 0) is 18.6 Å². The van der Waals surface area contributed by atoms with Gasteiger partial charge in [0.05, 0.1) is 18.8 Å². The van der Waals surface area contributed by atoms with Gasteiger partial charge in [-0.3, -0.25) is 9.13 Å². The zero-order valence-corrected chi connectivity index (χ0v) is 22.6. The maximum absolute atomic E-state index is 12.0. The molecule has 5 heterocycles. The first-order valence-electron chi connectivity index (χ1n) is 11.7. The Morgan fingerprint density at radius 3 is 2.00 bits per heavy atom. The third-order valence-corrected chi connectivity index (χ3v) is 6.80. The number of alkyl halides is 3. The van der Waals surface area contributed by atoms with Crippen LogP contribution in [0.1, 0.15) is 25.8 Å². The Kier molecular flexibility index (Phi) is 8.73. The SMILES string of the molecule is CC[C@H]1O[C@@H](n2ccc(N)nc2=O)C2N=C(C(Cl)(Cl)Cl)O[C@H]21.Nc1ccn([C@@H]2O[C@H](CO)[C@H](O)C2N)c(=O)n1. The number of aliphatic hydroxyl groups excluding tert-OH is 2. The van der Waals surface area contributed by atoms with Gasteiger partial charge in [0.2, 0.25) is 5.90 Å². The molecule has 3 aliphatic rings. The highest BCUT2D eigenvalue weighted by Crippen LogP contribution is 2.42. The van der Waals surface area contributed by atoms with Gasteiger partial charge in [-0.2, -0.15) is 9.97 Å².